The molecule has 0 radical (unpaired) electrons. The SMILES string of the molecule is Cc1cc(-c2nc(-c3ccc(OC[C@H]4COC(=O)N4)c(C)n3)no2)cc(CC(C)C)n1. The Hall–Kier alpha value is -3.49. The highest BCUT2D eigenvalue weighted by atomic mass is 16.6. The highest BCUT2D eigenvalue weighted by molar-refractivity contribution is 5.69. The molecule has 1 aliphatic heterocycles. The van der Waals surface area contributed by atoms with Crippen LogP contribution in [0.1, 0.15) is 30.9 Å². The van der Waals surface area contributed by atoms with Crippen LogP contribution >= 0.6 is 0 Å². The molecule has 0 aromatic carbocycles. The number of amides is 1. The van der Waals surface area contributed by atoms with Crippen molar-refractivity contribution in [2.45, 2.75) is 40.2 Å². The normalized spacial score (nSPS) is 15.8. The van der Waals surface area contributed by atoms with Gasteiger partial charge in [-0.25, -0.2) is 9.78 Å². The second-order valence-corrected chi connectivity index (χ2v) is 8.04. The Balaban J connectivity index is 1.49. The largest absolute Gasteiger partial charge is 0.489 e. The van der Waals surface area contributed by atoms with Crippen LogP contribution in [-0.4, -0.2) is 45.5 Å². The summed E-state index contributed by atoms with van der Waals surface area (Å²) in [5, 5.41) is 6.77. The van der Waals surface area contributed by atoms with Crippen molar-refractivity contribution in [1.29, 1.82) is 0 Å². The van der Waals surface area contributed by atoms with Crippen LogP contribution in [0.4, 0.5) is 4.79 Å². The summed E-state index contributed by atoms with van der Waals surface area (Å²) in [4.78, 5) is 24.8. The van der Waals surface area contributed by atoms with Gasteiger partial charge in [0.25, 0.3) is 5.89 Å². The molecule has 0 spiro atoms. The molecule has 3 aromatic heterocycles. The lowest BCUT2D eigenvalue weighted by Gasteiger charge is -2.11. The molecule has 1 fully saturated rings. The number of rotatable bonds is 7. The van der Waals surface area contributed by atoms with Crippen LogP contribution in [0.25, 0.3) is 23.0 Å². The Morgan fingerprint density at radius 3 is 2.74 bits per heavy atom. The van der Waals surface area contributed by atoms with E-state index in [1.807, 2.05) is 32.0 Å². The van der Waals surface area contributed by atoms with E-state index in [1.54, 1.807) is 6.07 Å². The van der Waals surface area contributed by atoms with Gasteiger partial charge in [-0.3, -0.25) is 4.98 Å². The van der Waals surface area contributed by atoms with E-state index in [0.29, 0.717) is 48.0 Å². The zero-order valence-corrected chi connectivity index (χ0v) is 18.0. The smallest absolute Gasteiger partial charge is 0.407 e. The van der Waals surface area contributed by atoms with E-state index in [2.05, 4.69) is 39.3 Å². The fraction of sp³-hybridized carbons (Fsp3) is 0.409. The number of ether oxygens (including phenoxy) is 2. The van der Waals surface area contributed by atoms with Crippen molar-refractivity contribution in [1.82, 2.24) is 25.4 Å². The molecule has 9 heteroatoms. The molecular weight excluding hydrogens is 398 g/mol. The number of hydrogen-bond donors (Lipinski definition) is 1. The van der Waals surface area contributed by atoms with Gasteiger partial charge in [-0.15, -0.1) is 0 Å². The Bertz CT molecular complexity index is 1100. The van der Waals surface area contributed by atoms with Crippen LogP contribution < -0.4 is 10.1 Å². The summed E-state index contributed by atoms with van der Waals surface area (Å²) in [5.41, 5.74) is 4.04. The van der Waals surface area contributed by atoms with Crippen LogP contribution in [0.5, 0.6) is 5.75 Å². The first kappa shape index (κ1) is 20.8. The Labute approximate surface area is 180 Å². The van der Waals surface area contributed by atoms with Crippen molar-refractivity contribution >= 4 is 6.09 Å². The molecule has 0 aliphatic carbocycles. The molecule has 1 atom stereocenters. The van der Waals surface area contributed by atoms with Crippen molar-refractivity contribution in [3.8, 4) is 28.7 Å². The molecule has 1 amide bonds. The lowest BCUT2D eigenvalue weighted by atomic mass is 10.1. The maximum absolute atomic E-state index is 11.1. The molecule has 1 saturated heterocycles. The minimum atomic E-state index is -0.424. The van der Waals surface area contributed by atoms with E-state index >= 15 is 0 Å². The van der Waals surface area contributed by atoms with Crippen LogP contribution in [-0.2, 0) is 11.2 Å². The fourth-order valence-corrected chi connectivity index (χ4v) is 3.36. The van der Waals surface area contributed by atoms with Gasteiger partial charge in [-0.1, -0.05) is 19.0 Å². The van der Waals surface area contributed by atoms with Gasteiger partial charge in [-0.2, -0.15) is 4.98 Å². The first-order valence-corrected chi connectivity index (χ1v) is 10.2. The molecule has 9 nitrogen and oxygen atoms in total. The van der Waals surface area contributed by atoms with Crippen molar-refractivity contribution in [2.24, 2.45) is 5.92 Å². The van der Waals surface area contributed by atoms with Crippen LogP contribution in [0, 0.1) is 19.8 Å². The first-order valence-electron chi connectivity index (χ1n) is 10.2. The van der Waals surface area contributed by atoms with Gasteiger partial charge in [0.15, 0.2) is 0 Å². The van der Waals surface area contributed by atoms with Gasteiger partial charge in [0.1, 0.15) is 30.7 Å². The average molecular weight is 423 g/mol. The number of carbonyl (C=O) groups is 1. The zero-order valence-electron chi connectivity index (χ0n) is 18.0. The Kier molecular flexibility index (Phi) is 5.83. The maximum Gasteiger partial charge on any atom is 0.407 e. The standard InChI is InChI=1S/C22H25N5O4/c1-12(2)7-16-9-15(8-13(3)23-16)21-26-20(27-31-21)18-5-6-19(14(4)24-18)29-10-17-11-30-22(28)25-17/h5-6,8-9,12,17H,7,10-11H2,1-4H3,(H,25,28)/t17-/m0/s1. The van der Waals surface area contributed by atoms with E-state index in [-0.39, 0.29) is 6.04 Å². The number of aromatic nitrogens is 4. The van der Waals surface area contributed by atoms with Gasteiger partial charge < -0.3 is 19.3 Å². The second-order valence-electron chi connectivity index (χ2n) is 8.04. The molecule has 1 aliphatic rings. The van der Waals surface area contributed by atoms with Crippen molar-refractivity contribution in [2.75, 3.05) is 13.2 Å². The molecule has 31 heavy (non-hydrogen) atoms. The fourth-order valence-electron chi connectivity index (χ4n) is 3.36. The number of alkyl carbamates (subject to hydrolysis) is 1. The van der Waals surface area contributed by atoms with E-state index in [0.717, 1.165) is 23.4 Å². The minimum absolute atomic E-state index is 0.171. The Morgan fingerprint density at radius 2 is 2.03 bits per heavy atom. The van der Waals surface area contributed by atoms with Crippen molar-refractivity contribution in [3.05, 3.63) is 41.3 Å². The summed E-state index contributed by atoms with van der Waals surface area (Å²) >= 11 is 0. The number of nitrogens with one attached hydrogen (secondary N) is 1. The number of carbonyl (C=O) groups excluding carboxylic acids is 1. The predicted octanol–water partition coefficient (Wildman–Crippen LogP) is 3.50. The summed E-state index contributed by atoms with van der Waals surface area (Å²) in [7, 11) is 0. The third kappa shape index (κ3) is 4.99. The predicted molar refractivity (Wildman–Crippen MR) is 113 cm³/mol. The Morgan fingerprint density at radius 1 is 1.19 bits per heavy atom. The van der Waals surface area contributed by atoms with E-state index in [1.165, 1.54) is 0 Å². The number of pyridine rings is 2. The lowest BCUT2D eigenvalue weighted by Crippen LogP contribution is -2.32. The summed E-state index contributed by atoms with van der Waals surface area (Å²) in [6, 6.07) is 7.34. The lowest BCUT2D eigenvalue weighted by molar-refractivity contribution is 0.174. The minimum Gasteiger partial charge on any atom is -0.489 e. The van der Waals surface area contributed by atoms with E-state index in [9.17, 15) is 4.79 Å². The maximum atomic E-state index is 11.1. The average Bonchev–Trinajstić information content (AvgIpc) is 3.35. The molecule has 3 aromatic rings. The second kappa shape index (κ2) is 8.71. The van der Waals surface area contributed by atoms with Crippen LogP contribution in [0.2, 0.25) is 0 Å². The molecule has 4 rings (SSSR count). The topological polar surface area (TPSA) is 112 Å². The molecule has 0 bridgehead atoms. The van der Waals surface area contributed by atoms with Crippen LogP contribution in [0.3, 0.4) is 0 Å². The summed E-state index contributed by atoms with van der Waals surface area (Å²) in [6.07, 6.45) is 0.460. The molecule has 0 unspecified atom stereocenters. The van der Waals surface area contributed by atoms with Gasteiger partial charge in [0.2, 0.25) is 5.82 Å². The molecular formula is C22H25N5O4. The number of aryl methyl sites for hydroxylation is 2. The quantitative estimate of drug-likeness (QED) is 0.614. The third-order valence-electron chi connectivity index (χ3n) is 4.74. The number of hydrogen-bond acceptors (Lipinski definition) is 8. The summed E-state index contributed by atoms with van der Waals surface area (Å²) in [5.74, 6) is 1.96. The third-order valence-corrected chi connectivity index (χ3v) is 4.74. The summed E-state index contributed by atoms with van der Waals surface area (Å²) in [6.45, 7) is 8.72. The highest BCUT2D eigenvalue weighted by Gasteiger charge is 2.23. The summed E-state index contributed by atoms with van der Waals surface area (Å²) < 4.78 is 16.1. The van der Waals surface area contributed by atoms with Gasteiger partial charge in [0.05, 0.1) is 5.69 Å². The molecule has 162 valence electrons. The van der Waals surface area contributed by atoms with Crippen molar-refractivity contribution in [3.63, 3.8) is 0 Å². The number of cyclic esters (lactones) is 1. The van der Waals surface area contributed by atoms with Crippen molar-refractivity contribution < 1.29 is 18.8 Å². The van der Waals surface area contributed by atoms with Gasteiger partial charge in [0, 0.05) is 17.0 Å². The van der Waals surface area contributed by atoms with Gasteiger partial charge >= 0.3 is 6.09 Å². The van der Waals surface area contributed by atoms with Gasteiger partial charge in [-0.05, 0) is 50.5 Å². The molecule has 1 N–H and O–H groups in total. The van der Waals surface area contributed by atoms with Crippen LogP contribution in [0.15, 0.2) is 28.8 Å². The molecule has 0 saturated carbocycles. The molecule has 4 heterocycles. The van der Waals surface area contributed by atoms with E-state index in [4.69, 9.17) is 14.0 Å². The van der Waals surface area contributed by atoms with E-state index < -0.39 is 6.09 Å². The number of nitrogens with zero attached hydrogens (tertiary/aromatic N) is 4. The first-order chi connectivity index (χ1) is 14.9. The zero-order chi connectivity index (χ0) is 22.0. The highest BCUT2D eigenvalue weighted by Crippen LogP contribution is 2.25. The monoisotopic (exact) mass is 423 g/mol.